The summed E-state index contributed by atoms with van der Waals surface area (Å²) in [4.78, 5) is 154. The Balaban J connectivity index is 1.42. The molecular weight excluding hydrogens is 1110 g/mol. The lowest BCUT2D eigenvalue weighted by Crippen LogP contribution is -2.60. The number of aromatic amines is 1. The first kappa shape index (κ1) is 65.8. The van der Waals surface area contributed by atoms with Crippen LogP contribution in [0.5, 0.6) is 0 Å². The van der Waals surface area contributed by atoms with E-state index in [1.54, 1.807) is 18.3 Å². The van der Waals surface area contributed by atoms with E-state index < -0.39 is 114 Å². The molecule has 21 N–H and O–H groups in total. The van der Waals surface area contributed by atoms with Crippen LogP contribution in [0.2, 0.25) is 0 Å². The fraction of sp³-hybridized carbons (Fsp3) is 0.483. The van der Waals surface area contributed by atoms with Crippen LogP contribution < -0.4 is 76.9 Å². The molecule has 0 radical (unpaired) electrons. The number of hydrogen-bond donors (Lipinski definition) is 15. The van der Waals surface area contributed by atoms with Crippen molar-refractivity contribution in [3.05, 3.63) is 84.1 Å². The second-order valence-electron chi connectivity index (χ2n) is 21.5. The van der Waals surface area contributed by atoms with Crippen LogP contribution in [-0.4, -0.2) is 162 Å². The third-order valence-corrected chi connectivity index (χ3v) is 14.9. The van der Waals surface area contributed by atoms with Crippen LogP contribution in [-0.2, 0) is 60.8 Å². The standard InChI is InChI=1S/C58H82N18O10/c1-33(77)69-41(17-8-23-59)50(80)75-46-31-48(78)65-24-7-6-16-40(49(60)79)70-51(81)42(18-9-25-66-57(61)62)72-54(84)45(30-37-32-68-39-15-5-4-14-38(37)39)73-52(82)43(19-10-26-67-58(63)64)71-53(83)44(74-55(85)47-20-11-27-76(47)56(46)86)29-34-21-22-35-12-2-3-13-36(35)28-34/h2-5,12-15,21-22,28,32,40-47,68H,6-11,16-20,23-27,29-31,59H2,1H3,(H2,60,79)(H,65,78)(H,69,77)(H,70,81)(H,71,83)(H,72,84)(H,73,82)(H,74,85)(H,75,80)(H4,61,62,66)(H4,63,64,67)/t40-,41+,42-,43-,44+,45-,46-,47-/m0/s1. The van der Waals surface area contributed by atoms with Gasteiger partial charge in [0.2, 0.25) is 59.1 Å². The zero-order valence-electron chi connectivity index (χ0n) is 48.4. The lowest BCUT2D eigenvalue weighted by atomic mass is 9.99. The van der Waals surface area contributed by atoms with E-state index in [1.807, 2.05) is 54.6 Å². The molecule has 2 fully saturated rings. The molecule has 2 saturated heterocycles. The number of nitrogens with zero attached hydrogens (tertiary/aromatic N) is 3. The highest BCUT2D eigenvalue weighted by molar-refractivity contribution is 6.00. The number of carbonyl (C=O) groups excluding carboxylic acids is 10. The topological polar surface area (TPSA) is 467 Å². The summed E-state index contributed by atoms with van der Waals surface area (Å²) in [5.41, 5.74) is 36.0. The van der Waals surface area contributed by atoms with E-state index in [4.69, 9.17) is 34.4 Å². The molecule has 0 unspecified atom stereocenters. The fourth-order valence-corrected chi connectivity index (χ4v) is 10.5. The average Bonchev–Trinajstić information content (AvgIpc) is 3.86. The van der Waals surface area contributed by atoms with Gasteiger partial charge in [0.15, 0.2) is 11.9 Å². The second-order valence-corrected chi connectivity index (χ2v) is 21.5. The van der Waals surface area contributed by atoms with Crippen molar-refractivity contribution in [2.45, 2.75) is 145 Å². The highest BCUT2D eigenvalue weighted by Gasteiger charge is 2.41. The zero-order chi connectivity index (χ0) is 62.3. The maximum atomic E-state index is 15.1. The van der Waals surface area contributed by atoms with Gasteiger partial charge >= 0.3 is 0 Å². The monoisotopic (exact) mass is 1190 g/mol. The van der Waals surface area contributed by atoms with Crippen molar-refractivity contribution in [2.24, 2.45) is 44.4 Å². The van der Waals surface area contributed by atoms with E-state index in [9.17, 15) is 43.2 Å². The van der Waals surface area contributed by atoms with Crippen molar-refractivity contribution in [1.82, 2.24) is 52.4 Å². The number of aromatic nitrogens is 1. The lowest BCUT2D eigenvalue weighted by molar-refractivity contribution is -0.143. The number of H-pyrrole nitrogens is 1. The maximum absolute atomic E-state index is 15.1. The van der Waals surface area contributed by atoms with E-state index in [0.29, 0.717) is 24.0 Å². The van der Waals surface area contributed by atoms with Crippen molar-refractivity contribution < 1.29 is 47.9 Å². The number of nitrogens with two attached hydrogens (primary N) is 6. The number of rotatable bonds is 19. The first-order chi connectivity index (χ1) is 41.2. The summed E-state index contributed by atoms with van der Waals surface area (Å²) in [5, 5.41) is 24.3. The van der Waals surface area contributed by atoms with Gasteiger partial charge in [-0.2, -0.15) is 0 Å². The van der Waals surface area contributed by atoms with Crippen molar-refractivity contribution in [2.75, 3.05) is 32.7 Å². The molecule has 2 aliphatic rings. The lowest BCUT2D eigenvalue weighted by Gasteiger charge is -2.31. The van der Waals surface area contributed by atoms with Crippen molar-refractivity contribution in [1.29, 1.82) is 0 Å². The van der Waals surface area contributed by atoms with Gasteiger partial charge in [-0.05, 0) is 105 Å². The number of amides is 10. The Hall–Kier alpha value is -9.34. The first-order valence-corrected chi connectivity index (χ1v) is 29.0. The minimum atomic E-state index is -1.55. The Morgan fingerprint density at radius 2 is 1.28 bits per heavy atom. The molecule has 28 nitrogen and oxygen atoms in total. The maximum Gasteiger partial charge on any atom is 0.246 e. The Kier molecular flexibility index (Phi) is 25.0. The van der Waals surface area contributed by atoms with Crippen LogP contribution >= 0.6 is 0 Å². The number of benzene rings is 3. The minimum absolute atomic E-state index is 0.00676. The third-order valence-electron chi connectivity index (χ3n) is 14.9. The van der Waals surface area contributed by atoms with Gasteiger partial charge in [0, 0.05) is 63.0 Å². The Morgan fingerprint density at radius 1 is 0.674 bits per heavy atom. The number of fused-ring (bicyclic) bond motifs is 3. The number of guanidine groups is 2. The fourth-order valence-electron chi connectivity index (χ4n) is 10.5. The second kappa shape index (κ2) is 32.6. The van der Waals surface area contributed by atoms with Gasteiger partial charge in [0.25, 0.3) is 0 Å². The Labute approximate surface area is 497 Å². The predicted molar refractivity (Wildman–Crippen MR) is 322 cm³/mol. The molecule has 2 aliphatic heterocycles. The van der Waals surface area contributed by atoms with Crippen LogP contribution in [0.15, 0.2) is 82.9 Å². The number of nitrogens with one attached hydrogen (secondary N) is 9. The summed E-state index contributed by atoms with van der Waals surface area (Å²) in [6.07, 6.45) is 2.30. The molecule has 0 aliphatic carbocycles. The van der Waals surface area contributed by atoms with Gasteiger partial charge in [0.05, 0.1) is 6.42 Å². The van der Waals surface area contributed by atoms with E-state index >= 15 is 4.79 Å². The molecule has 8 atom stereocenters. The molecule has 28 heteroatoms. The highest BCUT2D eigenvalue weighted by atomic mass is 16.2. The van der Waals surface area contributed by atoms with Crippen LogP contribution in [0.4, 0.5) is 0 Å². The molecular formula is C58H82N18O10. The summed E-state index contributed by atoms with van der Waals surface area (Å²) >= 11 is 0. The minimum Gasteiger partial charge on any atom is -0.370 e. The van der Waals surface area contributed by atoms with E-state index in [-0.39, 0.29) is 115 Å². The summed E-state index contributed by atoms with van der Waals surface area (Å²) in [6.45, 7) is 1.52. The summed E-state index contributed by atoms with van der Waals surface area (Å²) in [7, 11) is 0. The van der Waals surface area contributed by atoms with Gasteiger partial charge in [-0.15, -0.1) is 0 Å². The largest absolute Gasteiger partial charge is 0.370 e. The quantitative estimate of drug-likeness (QED) is 0.0263. The molecule has 4 aromatic rings. The third kappa shape index (κ3) is 19.9. The summed E-state index contributed by atoms with van der Waals surface area (Å²) in [5.74, 6) is -8.12. The average molecular weight is 1190 g/mol. The van der Waals surface area contributed by atoms with Crippen LogP contribution in [0, 0.1) is 0 Å². The molecule has 10 amide bonds. The first-order valence-electron chi connectivity index (χ1n) is 29.0. The number of hydrogen-bond acceptors (Lipinski definition) is 13. The molecule has 0 saturated carbocycles. The van der Waals surface area contributed by atoms with Crippen molar-refractivity contribution in [3.63, 3.8) is 0 Å². The molecule has 464 valence electrons. The van der Waals surface area contributed by atoms with Gasteiger partial charge in [-0.25, -0.2) is 0 Å². The Morgan fingerprint density at radius 3 is 1.93 bits per heavy atom. The normalized spacial score (nSPS) is 22.0. The number of primary amides is 1. The molecule has 3 heterocycles. The predicted octanol–water partition coefficient (Wildman–Crippen LogP) is -2.47. The van der Waals surface area contributed by atoms with Crippen LogP contribution in [0.25, 0.3) is 21.7 Å². The van der Waals surface area contributed by atoms with Gasteiger partial charge in [-0.1, -0.05) is 60.7 Å². The summed E-state index contributed by atoms with van der Waals surface area (Å²) in [6, 6.07) is 9.51. The van der Waals surface area contributed by atoms with Crippen LogP contribution in [0.1, 0.15) is 95.1 Å². The SMILES string of the molecule is CC(=O)N[C@H](CCCN)C(=O)N[C@H]1CC(=O)NCCCC[C@@H](C(N)=O)NC(=O)[C@H](CCCN=C(N)N)NC(=O)[C@H](Cc2c[nH]c3ccccc23)NC(=O)[C@H](CCCN=C(N)N)NC(=O)[C@@H](Cc2ccc3ccccc3c2)NC(=O)[C@@H]2CCCN2C1=O. The molecule has 1 aromatic heterocycles. The summed E-state index contributed by atoms with van der Waals surface area (Å²) < 4.78 is 0. The van der Waals surface area contributed by atoms with Crippen molar-refractivity contribution >= 4 is 92.7 Å². The van der Waals surface area contributed by atoms with Gasteiger partial charge < -0.3 is 86.8 Å². The molecule has 0 spiro atoms. The number of para-hydroxylation sites is 1. The van der Waals surface area contributed by atoms with Gasteiger partial charge in [0.1, 0.15) is 48.3 Å². The van der Waals surface area contributed by atoms with E-state index in [0.717, 1.165) is 21.7 Å². The molecule has 3 aromatic carbocycles. The highest BCUT2D eigenvalue weighted by Crippen LogP contribution is 2.23. The van der Waals surface area contributed by atoms with E-state index in [1.165, 1.54) is 11.8 Å². The van der Waals surface area contributed by atoms with Crippen LogP contribution in [0.3, 0.4) is 0 Å². The molecule has 6 rings (SSSR count). The van der Waals surface area contributed by atoms with E-state index in [2.05, 4.69) is 57.5 Å². The number of carbonyl (C=O) groups is 10. The zero-order valence-corrected chi connectivity index (χ0v) is 48.4. The van der Waals surface area contributed by atoms with Gasteiger partial charge in [-0.3, -0.25) is 57.9 Å². The number of aliphatic imine (C=N–C) groups is 2. The van der Waals surface area contributed by atoms with Crippen molar-refractivity contribution in [3.8, 4) is 0 Å². The molecule has 86 heavy (non-hydrogen) atoms. The smallest absolute Gasteiger partial charge is 0.246 e. The Bertz CT molecular complexity index is 3120. The molecule has 0 bridgehead atoms.